The molecule has 0 saturated carbocycles. The van der Waals surface area contributed by atoms with Gasteiger partial charge in [-0.3, -0.25) is 11.3 Å². The fourth-order valence-electron chi connectivity index (χ4n) is 3.02. The third-order valence-electron chi connectivity index (χ3n) is 4.11. The molecule has 0 radical (unpaired) electrons. The molecule has 5 nitrogen and oxygen atoms in total. The number of nitrogens with zero attached hydrogens (tertiary/aromatic N) is 1. The van der Waals surface area contributed by atoms with Crippen LogP contribution in [0.15, 0.2) is 36.5 Å². The summed E-state index contributed by atoms with van der Waals surface area (Å²) in [7, 11) is 0. The summed E-state index contributed by atoms with van der Waals surface area (Å²) in [4.78, 5) is 4.19. The van der Waals surface area contributed by atoms with Gasteiger partial charge < -0.3 is 10.5 Å². The number of nitrogen functional groups attached to an aromatic ring is 1. The van der Waals surface area contributed by atoms with Crippen molar-refractivity contribution in [3.05, 3.63) is 53.2 Å². The van der Waals surface area contributed by atoms with Crippen LogP contribution in [0.1, 0.15) is 22.7 Å². The molecule has 0 aliphatic carbocycles. The van der Waals surface area contributed by atoms with Gasteiger partial charge in [0, 0.05) is 17.7 Å². The van der Waals surface area contributed by atoms with Crippen LogP contribution >= 0.6 is 0 Å². The number of pyridine rings is 1. The highest BCUT2D eigenvalue weighted by Crippen LogP contribution is 2.35. The Labute approximate surface area is 124 Å². The number of ether oxygens (including phenoxy) is 1. The van der Waals surface area contributed by atoms with Crippen molar-refractivity contribution in [2.45, 2.75) is 19.4 Å². The van der Waals surface area contributed by atoms with E-state index in [2.05, 4.69) is 16.5 Å². The van der Waals surface area contributed by atoms with Gasteiger partial charge in [0.25, 0.3) is 0 Å². The molecule has 2 unspecified atom stereocenters. The number of anilines is 1. The maximum atomic E-state index is 6.05. The number of nitrogens with two attached hydrogens (primary N) is 2. The standard InChI is InChI=1S/C16H20N4O/c1-10-6-7-19-16(17)14(10)15(20-18)12-8-11-4-2-3-5-13(11)21-9-12/h2-7,12,15,20H,8-9,18H2,1H3,(H2,17,19). The zero-order valence-electron chi connectivity index (χ0n) is 12.0. The van der Waals surface area contributed by atoms with Gasteiger partial charge in [0.2, 0.25) is 0 Å². The number of nitrogens with one attached hydrogen (secondary N) is 1. The normalized spacial score (nSPS) is 18.7. The molecule has 3 rings (SSSR count). The Morgan fingerprint density at radius 1 is 1.33 bits per heavy atom. The van der Waals surface area contributed by atoms with E-state index < -0.39 is 0 Å². The summed E-state index contributed by atoms with van der Waals surface area (Å²) >= 11 is 0. The molecule has 2 atom stereocenters. The number of hydrazine groups is 1. The van der Waals surface area contributed by atoms with Gasteiger partial charge >= 0.3 is 0 Å². The fourth-order valence-corrected chi connectivity index (χ4v) is 3.02. The molecule has 2 heterocycles. The van der Waals surface area contributed by atoms with Gasteiger partial charge in [-0.15, -0.1) is 0 Å². The van der Waals surface area contributed by atoms with Gasteiger partial charge in [0.05, 0.1) is 12.6 Å². The highest BCUT2D eigenvalue weighted by atomic mass is 16.5. The molecule has 5 N–H and O–H groups in total. The summed E-state index contributed by atoms with van der Waals surface area (Å²) in [5.74, 6) is 7.51. The quantitative estimate of drug-likeness (QED) is 0.590. The van der Waals surface area contributed by atoms with Crippen molar-refractivity contribution in [1.82, 2.24) is 10.4 Å². The average Bonchev–Trinajstić information content (AvgIpc) is 2.50. The lowest BCUT2D eigenvalue weighted by Crippen LogP contribution is -2.39. The van der Waals surface area contributed by atoms with Crippen LogP contribution in [0.3, 0.4) is 0 Å². The third-order valence-corrected chi connectivity index (χ3v) is 4.11. The van der Waals surface area contributed by atoms with E-state index in [9.17, 15) is 0 Å². The lowest BCUT2D eigenvalue weighted by atomic mass is 9.85. The Hall–Kier alpha value is -2.11. The van der Waals surface area contributed by atoms with Gasteiger partial charge in [0.1, 0.15) is 11.6 Å². The molecular formula is C16H20N4O. The number of fused-ring (bicyclic) bond motifs is 1. The molecule has 21 heavy (non-hydrogen) atoms. The number of rotatable bonds is 3. The summed E-state index contributed by atoms with van der Waals surface area (Å²) in [5, 5.41) is 0. The van der Waals surface area contributed by atoms with Gasteiger partial charge in [-0.1, -0.05) is 18.2 Å². The van der Waals surface area contributed by atoms with Crippen molar-refractivity contribution < 1.29 is 4.74 Å². The largest absolute Gasteiger partial charge is 0.493 e. The molecule has 1 aliphatic rings. The van der Waals surface area contributed by atoms with Crippen LogP contribution < -0.4 is 21.7 Å². The zero-order chi connectivity index (χ0) is 14.8. The molecule has 0 bridgehead atoms. The van der Waals surface area contributed by atoms with Crippen molar-refractivity contribution in [2.75, 3.05) is 12.3 Å². The Morgan fingerprint density at radius 3 is 2.90 bits per heavy atom. The number of hydrogen-bond acceptors (Lipinski definition) is 5. The van der Waals surface area contributed by atoms with Crippen LogP contribution in [0, 0.1) is 12.8 Å². The van der Waals surface area contributed by atoms with E-state index in [1.54, 1.807) is 6.20 Å². The van der Waals surface area contributed by atoms with E-state index in [1.807, 2.05) is 31.2 Å². The Kier molecular flexibility index (Phi) is 3.77. The summed E-state index contributed by atoms with van der Waals surface area (Å²) in [6.07, 6.45) is 2.62. The van der Waals surface area contributed by atoms with Crippen molar-refractivity contribution in [3.63, 3.8) is 0 Å². The van der Waals surface area contributed by atoms with Crippen molar-refractivity contribution in [1.29, 1.82) is 0 Å². The molecule has 1 aromatic carbocycles. The lowest BCUT2D eigenvalue weighted by molar-refractivity contribution is 0.185. The first-order chi connectivity index (χ1) is 10.2. The number of benzene rings is 1. The molecule has 0 amide bonds. The summed E-state index contributed by atoms with van der Waals surface area (Å²) < 4.78 is 5.86. The van der Waals surface area contributed by atoms with Gasteiger partial charge in [-0.25, -0.2) is 4.98 Å². The minimum Gasteiger partial charge on any atom is -0.493 e. The Bertz CT molecular complexity index is 624. The molecule has 5 heteroatoms. The zero-order valence-corrected chi connectivity index (χ0v) is 12.0. The van der Waals surface area contributed by atoms with Crippen LogP contribution in [0.25, 0.3) is 0 Å². The van der Waals surface area contributed by atoms with Crippen molar-refractivity contribution in [2.24, 2.45) is 11.8 Å². The van der Waals surface area contributed by atoms with E-state index in [0.717, 1.165) is 23.3 Å². The first-order valence-electron chi connectivity index (χ1n) is 7.08. The van der Waals surface area contributed by atoms with Crippen LogP contribution in [0.2, 0.25) is 0 Å². The third kappa shape index (κ3) is 2.57. The maximum absolute atomic E-state index is 6.05. The first kappa shape index (κ1) is 13.9. The highest BCUT2D eigenvalue weighted by Gasteiger charge is 2.30. The minimum atomic E-state index is -0.0768. The topological polar surface area (TPSA) is 86.2 Å². The minimum absolute atomic E-state index is 0.0768. The second-order valence-electron chi connectivity index (χ2n) is 5.45. The van der Waals surface area contributed by atoms with Gasteiger partial charge in [-0.05, 0) is 36.6 Å². The van der Waals surface area contributed by atoms with E-state index in [1.165, 1.54) is 5.56 Å². The summed E-state index contributed by atoms with van der Waals surface area (Å²) in [6, 6.07) is 9.98. The second-order valence-corrected chi connectivity index (χ2v) is 5.45. The van der Waals surface area contributed by atoms with Crippen LogP contribution in [-0.2, 0) is 6.42 Å². The summed E-state index contributed by atoms with van der Waals surface area (Å²) in [6.45, 7) is 2.63. The van der Waals surface area contributed by atoms with Gasteiger partial charge in [-0.2, -0.15) is 0 Å². The fraction of sp³-hybridized carbons (Fsp3) is 0.312. The van der Waals surface area contributed by atoms with Crippen LogP contribution in [0.4, 0.5) is 5.82 Å². The molecule has 0 saturated heterocycles. The van der Waals surface area contributed by atoms with E-state index in [0.29, 0.717) is 12.4 Å². The van der Waals surface area contributed by atoms with E-state index in [-0.39, 0.29) is 12.0 Å². The van der Waals surface area contributed by atoms with Crippen molar-refractivity contribution >= 4 is 5.82 Å². The molecule has 110 valence electrons. The van der Waals surface area contributed by atoms with Crippen LogP contribution in [0.5, 0.6) is 5.75 Å². The predicted molar refractivity (Wildman–Crippen MR) is 82.6 cm³/mol. The number of para-hydroxylation sites is 1. The predicted octanol–water partition coefficient (Wildman–Crippen LogP) is 1.73. The molecule has 0 fully saturated rings. The number of aromatic nitrogens is 1. The molecular weight excluding hydrogens is 264 g/mol. The smallest absolute Gasteiger partial charge is 0.128 e. The first-order valence-corrected chi connectivity index (χ1v) is 7.08. The SMILES string of the molecule is Cc1ccnc(N)c1C(NN)C1COc2ccccc2C1. The van der Waals surface area contributed by atoms with E-state index >= 15 is 0 Å². The summed E-state index contributed by atoms with van der Waals surface area (Å²) in [5.41, 5.74) is 12.2. The Balaban J connectivity index is 1.92. The molecule has 1 aromatic heterocycles. The highest BCUT2D eigenvalue weighted by molar-refractivity contribution is 5.47. The van der Waals surface area contributed by atoms with Crippen molar-refractivity contribution in [3.8, 4) is 5.75 Å². The monoisotopic (exact) mass is 284 g/mol. The van der Waals surface area contributed by atoms with Gasteiger partial charge in [0.15, 0.2) is 0 Å². The molecule has 0 spiro atoms. The number of aryl methyl sites for hydroxylation is 1. The average molecular weight is 284 g/mol. The Morgan fingerprint density at radius 2 is 2.14 bits per heavy atom. The molecule has 1 aliphatic heterocycles. The van der Waals surface area contributed by atoms with Crippen LogP contribution in [-0.4, -0.2) is 11.6 Å². The number of hydrogen-bond donors (Lipinski definition) is 3. The van der Waals surface area contributed by atoms with E-state index in [4.69, 9.17) is 16.3 Å². The maximum Gasteiger partial charge on any atom is 0.128 e. The lowest BCUT2D eigenvalue weighted by Gasteiger charge is -2.32. The molecule has 2 aromatic rings. The second kappa shape index (κ2) is 5.71.